The summed E-state index contributed by atoms with van der Waals surface area (Å²) >= 11 is 1.16. The summed E-state index contributed by atoms with van der Waals surface area (Å²) in [6.45, 7) is 2.42. The average Bonchev–Trinajstić information content (AvgIpc) is 3.60. The lowest BCUT2D eigenvalue weighted by Crippen LogP contribution is -2.45. The van der Waals surface area contributed by atoms with Crippen molar-refractivity contribution in [3.63, 3.8) is 0 Å². The number of nitro groups is 1. The molecule has 4 aromatic rings. The maximum Gasteiger partial charge on any atom is 0.433 e. The van der Waals surface area contributed by atoms with Gasteiger partial charge in [0.15, 0.2) is 17.5 Å². The Labute approximate surface area is 225 Å². The molecule has 4 heterocycles. The average molecular weight is 552 g/mol. The third kappa shape index (κ3) is 5.76. The van der Waals surface area contributed by atoms with Gasteiger partial charge >= 0.3 is 5.88 Å². The second-order valence-electron chi connectivity index (χ2n) is 8.63. The van der Waals surface area contributed by atoms with Crippen molar-refractivity contribution >= 4 is 46.9 Å². The Kier molecular flexibility index (Phi) is 7.29. The molecule has 1 saturated heterocycles. The maximum absolute atomic E-state index is 15.6. The van der Waals surface area contributed by atoms with Gasteiger partial charge in [0.2, 0.25) is 5.82 Å². The summed E-state index contributed by atoms with van der Waals surface area (Å²) in [6, 6.07) is 9.23. The number of carbonyl (C=O) groups excluding carboxylic acids is 1. The minimum absolute atomic E-state index is 0.0200. The number of carbonyl (C=O) groups is 1. The van der Waals surface area contributed by atoms with Crippen molar-refractivity contribution in [3.05, 3.63) is 75.0 Å². The lowest BCUT2D eigenvalue weighted by Gasteiger charge is -2.33. The first-order chi connectivity index (χ1) is 18.8. The highest BCUT2D eigenvalue weighted by molar-refractivity contribution is 7.13. The van der Waals surface area contributed by atoms with Gasteiger partial charge in [-0.05, 0) is 37.4 Å². The van der Waals surface area contributed by atoms with Gasteiger partial charge < -0.3 is 24.6 Å². The van der Waals surface area contributed by atoms with E-state index >= 15 is 4.39 Å². The zero-order valence-corrected chi connectivity index (χ0v) is 21.4. The Morgan fingerprint density at radius 3 is 2.64 bits per heavy atom. The van der Waals surface area contributed by atoms with Gasteiger partial charge in [0.1, 0.15) is 27.1 Å². The smallest absolute Gasteiger partial charge is 0.433 e. The van der Waals surface area contributed by atoms with Crippen molar-refractivity contribution in [2.75, 3.05) is 43.4 Å². The van der Waals surface area contributed by atoms with Crippen LogP contribution in [-0.4, -0.2) is 69.0 Å². The molecule has 0 spiro atoms. The third-order valence-corrected chi connectivity index (χ3v) is 6.82. The summed E-state index contributed by atoms with van der Waals surface area (Å²) in [5.74, 6) is -1.96. The lowest BCUT2D eigenvalue weighted by molar-refractivity contribution is -0.402. The number of furan rings is 1. The molecule has 5 rings (SSSR count). The molecule has 1 aromatic carbocycles. The van der Waals surface area contributed by atoms with Crippen LogP contribution in [0.1, 0.15) is 22.1 Å². The van der Waals surface area contributed by atoms with Gasteiger partial charge in [-0.15, -0.1) is 11.3 Å². The second kappa shape index (κ2) is 11.0. The van der Waals surface area contributed by atoms with Gasteiger partial charge in [0.05, 0.1) is 11.6 Å². The standard InChI is InChI=1S/C25H22FN7O5S/c1-31-10-12-32(13-11-31)23-21(26)22(28-19(29-23)8-6-15-7-9-20(38-15)33(36)37)30-24(35)17-14-39-25(27-17)16-4-2-3-5-18(16)34/h2-9,14,34H,10-13H2,1H3,(H,28,29,30,35)/b8-6+. The number of piperazine rings is 1. The molecule has 39 heavy (non-hydrogen) atoms. The monoisotopic (exact) mass is 551 g/mol. The van der Waals surface area contributed by atoms with Gasteiger partial charge in [-0.2, -0.15) is 4.39 Å². The van der Waals surface area contributed by atoms with E-state index in [1.807, 2.05) is 7.05 Å². The molecule has 1 amide bonds. The molecule has 0 bridgehead atoms. The summed E-state index contributed by atoms with van der Waals surface area (Å²) in [5, 5.41) is 25.4. The number of amides is 1. The van der Waals surface area contributed by atoms with E-state index in [9.17, 15) is 20.0 Å². The van der Waals surface area contributed by atoms with E-state index in [4.69, 9.17) is 4.42 Å². The normalized spacial score (nSPS) is 14.2. The SMILES string of the molecule is CN1CCN(c2nc(/C=C/c3ccc([N+](=O)[O-])o3)nc(NC(=O)c3csc(-c4ccccc4O)n3)c2F)CC1. The number of hydrogen-bond acceptors (Lipinski definition) is 11. The number of nitrogens with zero attached hydrogens (tertiary/aromatic N) is 6. The number of likely N-dealkylation sites (N-methyl/N-ethyl adjacent to an activating group) is 1. The van der Waals surface area contributed by atoms with Crippen molar-refractivity contribution in [3.8, 4) is 16.3 Å². The van der Waals surface area contributed by atoms with Crippen LogP contribution in [0.4, 0.5) is 21.9 Å². The van der Waals surface area contributed by atoms with E-state index in [2.05, 4.69) is 25.2 Å². The molecule has 12 nitrogen and oxygen atoms in total. The zero-order valence-electron chi connectivity index (χ0n) is 20.6. The fraction of sp³-hybridized carbons (Fsp3) is 0.200. The lowest BCUT2D eigenvalue weighted by atomic mass is 10.2. The number of aromatic nitrogens is 3. The van der Waals surface area contributed by atoms with E-state index in [1.54, 1.807) is 23.1 Å². The Balaban J connectivity index is 1.44. The van der Waals surface area contributed by atoms with Crippen LogP contribution in [-0.2, 0) is 0 Å². The minimum atomic E-state index is -0.796. The van der Waals surface area contributed by atoms with Crippen molar-refractivity contribution in [2.45, 2.75) is 0 Å². The predicted octanol–water partition coefficient (Wildman–Crippen LogP) is 4.12. The van der Waals surface area contributed by atoms with Crippen LogP contribution in [0.5, 0.6) is 5.75 Å². The highest BCUT2D eigenvalue weighted by atomic mass is 32.1. The van der Waals surface area contributed by atoms with E-state index < -0.39 is 22.5 Å². The number of phenolic OH excluding ortho intramolecular Hbond substituents is 1. The van der Waals surface area contributed by atoms with Gasteiger partial charge in [-0.3, -0.25) is 14.9 Å². The van der Waals surface area contributed by atoms with E-state index in [-0.39, 0.29) is 34.7 Å². The molecule has 1 fully saturated rings. The Bertz CT molecular complexity index is 1560. The number of rotatable bonds is 7. The molecule has 2 N–H and O–H groups in total. The molecule has 200 valence electrons. The number of halogens is 1. The van der Waals surface area contributed by atoms with Crippen molar-refractivity contribution in [1.29, 1.82) is 0 Å². The summed E-state index contributed by atoms with van der Waals surface area (Å²) in [5.41, 5.74) is 0.495. The largest absolute Gasteiger partial charge is 0.507 e. The van der Waals surface area contributed by atoms with Crippen molar-refractivity contribution in [2.24, 2.45) is 0 Å². The van der Waals surface area contributed by atoms with Gasteiger partial charge in [-0.25, -0.2) is 15.0 Å². The number of hydrogen-bond donors (Lipinski definition) is 2. The number of anilines is 2. The molecule has 1 aliphatic rings. The number of phenols is 1. The van der Waals surface area contributed by atoms with Crippen molar-refractivity contribution in [1.82, 2.24) is 19.9 Å². The number of para-hydroxylation sites is 1. The number of benzene rings is 1. The number of aromatic hydroxyl groups is 1. The quantitative estimate of drug-likeness (QED) is 0.253. The molecule has 0 unspecified atom stereocenters. The molecule has 0 aliphatic carbocycles. The van der Waals surface area contributed by atoms with Crippen molar-refractivity contribution < 1.29 is 23.6 Å². The molecule has 0 atom stereocenters. The van der Waals surface area contributed by atoms with Crippen LogP contribution >= 0.6 is 11.3 Å². The molecule has 0 saturated carbocycles. The van der Waals surface area contributed by atoms with E-state index in [0.29, 0.717) is 36.8 Å². The maximum atomic E-state index is 15.6. The summed E-state index contributed by atoms with van der Waals surface area (Å²) in [6.07, 6.45) is 2.83. The highest BCUT2D eigenvalue weighted by Crippen LogP contribution is 2.31. The first kappa shape index (κ1) is 25.9. The molecular formula is C25H22FN7O5S. The molecule has 3 aromatic heterocycles. The molecule has 0 radical (unpaired) electrons. The second-order valence-corrected chi connectivity index (χ2v) is 9.49. The minimum Gasteiger partial charge on any atom is -0.507 e. The van der Waals surface area contributed by atoms with Crippen LogP contribution in [0.3, 0.4) is 0 Å². The van der Waals surface area contributed by atoms with Crippen LogP contribution in [0, 0.1) is 15.9 Å². The Hall–Kier alpha value is -4.69. The number of thiazole rings is 1. The fourth-order valence-electron chi connectivity index (χ4n) is 3.85. The summed E-state index contributed by atoms with van der Waals surface area (Å²) in [7, 11) is 1.97. The Morgan fingerprint density at radius 1 is 1.15 bits per heavy atom. The van der Waals surface area contributed by atoms with Crippen LogP contribution in [0.25, 0.3) is 22.7 Å². The van der Waals surface area contributed by atoms with Gasteiger partial charge in [-0.1, -0.05) is 12.1 Å². The Morgan fingerprint density at radius 2 is 1.92 bits per heavy atom. The van der Waals surface area contributed by atoms with Crippen LogP contribution in [0.15, 0.2) is 46.2 Å². The molecular weight excluding hydrogens is 529 g/mol. The molecule has 1 aliphatic heterocycles. The third-order valence-electron chi connectivity index (χ3n) is 5.95. The van der Waals surface area contributed by atoms with E-state index in [1.165, 1.54) is 35.7 Å². The van der Waals surface area contributed by atoms with Crippen LogP contribution in [0.2, 0.25) is 0 Å². The summed E-state index contributed by atoms with van der Waals surface area (Å²) in [4.78, 5) is 39.9. The van der Waals surface area contributed by atoms with E-state index in [0.717, 1.165) is 11.3 Å². The molecule has 14 heteroatoms. The highest BCUT2D eigenvalue weighted by Gasteiger charge is 2.24. The predicted molar refractivity (Wildman–Crippen MR) is 143 cm³/mol. The fourth-order valence-corrected chi connectivity index (χ4v) is 4.69. The van der Waals surface area contributed by atoms with Gasteiger partial charge in [0, 0.05) is 31.6 Å². The first-order valence-electron chi connectivity index (χ1n) is 11.8. The summed E-state index contributed by atoms with van der Waals surface area (Å²) < 4.78 is 20.7. The van der Waals surface area contributed by atoms with Crippen LogP contribution < -0.4 is 10.2 Å². The topological polar surface area (TPSA) is 151 Å². The first-order valence-corrected chi connectivity index (χ1v) is 12.6. The number of nitrogens with one attached hydrogen (secondary N) is 1. The zero-order chi connectivity index (χ0) is 27.5. The van der Waals surface area contributed by atoms with Gasteiger partial charge in [0.25, 0.3) is 5.91 Å².